The van der Waals surface area contributed by atoms with Gasteiger partial charge in [-0.15, -0.1) is 0 Å². The van der Waals surface area contributed by atoms with Gasteiger partial charge in [-0.1, -0.05) is 6.92 Å². The molecule has 2 aliphatic rings. The highest BCUT2D eigenvalue weighted by Crippen LogP contribution is 2.24. The Kier molecular flexibility index (Phi) is 4.44. The predicted molar refractivity (Wildman–Crippen MR) is 69.9 cm³/mol. The summed E-state index contributed by atoms with van der Waals surface area (Å²) in [4.78, 5) is 2.40. The smallest absolute Gasteiger partial charge is 0.151 e. The summed E-state index contributed by atoms with van der Waals surface area (Å²) in [6.07, 6.45) is 3.12. The zero-order chi connectivity index (χ0) is 12.3. The molecule has 1 N–H and O–H groups in total. The van der Waals surface area contributed by atoms with Gasteiger partial charge in [0.1, 0.15) is 0 Å². The van der Waals surface area contributed by atoms with E-state index in [1.54, 1.807) is 0 Å². The predicted octanol–water partition coefficient (Wildman–Crippen LogP) is 0.495. The molecule has 2 saturated heterocycles. The van der Waals surface area contributed by atoms with Gasteiger partial charge < -0.3 is 5.32 Å². The molecule has 0 aromatic heterocycles. The van der Waals surface area contributed by atoms with E-state index in [2.05, 4.69) is 17.1 Å². The molecule has 0 spiro atoms. The highest BCUT2D eigenvalue weighted by atomic mass is 32.2. The van der Waals surface area contributed by atoms with Gasteiger partial charge in [-0.2, -0.15) is 0 Å². The number of hydrogen-bond donors (Lipinski definition) is 1. The summed E-state index contributed by atoms with van der Waals surface area (Å²) in [6.45, 7) is 6.38. The van der Waals surface area contributed by atoms with Crippen molar-refractivity contribution in [3.05, 3.63) is 0 Å². The molecular weight excluding hydrogens is 236 g/mol. The maximum atomic E-state index is 11.6. The van der Waals surface area contributed by atoms with Gasteiger partial charge in [-0.25, -0.2) is 8.42 Å². The minimum atomic E-state index is -2.76. The van der Waals surface area contributed by atoms with Crippen molar-refractivity contribution in [2.75, 3.05) is 37.7 Å². The molecule has 2 unspecified atom stereocenters. The van der Waals surface area contributed by atoms with Crippen LogP contribution < -0.4 is 5.32 Å². The van der Waals surface area contributed by atoms with Crippen molar-refractivity contribution in [1.82, 2.24) is 10.2 Å². The van der Waals surface area contributed by atoms with Crippen molar-refractivity contribution < 1.29 is 8.42 Å². The van der Waals surface area contributed by atoms with Crippen LogP contribution in [0.2, 0.25) is 0 Å². The fourth-order valence-electron chi connectivity index (χ4n) is 3.00. The molecule has 0 saturated carbocycles. The third kappa shape index (κ3) is 3.66. The van der Waals surface area contributed by atoms with Crippen molar-refractivity contribution in [3.8, 4) is 0 Å². The molecule has 5 heteroatoms. The van der Waals surface area contributed by atoms with E-state index in [1.807, 2.05) is 0 Å². The second-order valence-corrected chi connectivity index (χ2v) is 7.60. The highest BCUT2D eigenvalue weighted by Gasteiger charge is 2.33. The summed E-state index contributed by atoms with van der Waals surface area (Å²) >= 11 is 0. The van der Waals surface area contributed by atoms with E-state index in [4.69, 9.17) is 0 Å². The quantitative estimate of drug-likeness (QED) is 0.799. The van der Waals surface area contributed by atoms with Gasteiger partial charge in [0.25, 0.3) is 0 Å². The molecule has 2 aliphatic heterocycles. The van der Waals surface area contributed by atoms with E-state index in [9.17, 15) is 8.42 Å². The Morgan fingerprint density at radius 2 is 2.18 bits per heavy atom. The van der Waals surface area contributed by atoms with Gasteiger partial charge in [0, 0.05) is 12.6 Å². The van der Waals surface area contributed by atoms with Gasteiger partial charge in [0.2, 0.25) is 0 Å². The number of likely N-dealkylation sites (tertiary alicyclic amines) is 1. The van der Waals surface area contributed by atoms with Crippen LogP contribution in [0, 0.1) is 5.92 Å². The Labute approximate surface area is 105 Å². The highest BCUT2D eigenvalue weighted by molar-refractivity contribution is 7.91. The van der Waals surface area contributed by atoms with Crippen LogP contribution in [0.25, 0.3) is 0 Å². The molecule has 100 valence electrons. The monoisotopic (exact) mass is 260 g/mol. The number of sulfone groups is 1. The molecule has 2 atom stereocenters. The van der Waals surface area contributed by atoms with Crippen LogP contribution in [0.15, 0.2) is 0 Å². The maximum absolute atomic E-state index is 11.6. The van der Waals surface area contributed by atoms with Crippen LogP contribution in [0.4, 0.5) is 0 Å². The molecule has 0 amide bonds. The third-order valence-corrected chi connectivity index (χ3v) is 5.76. The Hall–Kier alpha value is -0.130. The summed E-state index contributed by atoms with van der Waals surface area (Å²) in [5.74, 6) is 1.50. The van der Waals surface area contributed by atoms with Crippen LogP contribution >= 0.6 is 0 Å². The van der Waals surface area contributed by atoms with E-state index in [0.717, 1.165) is 39.0 Å². The molecule has 2 rings (SSSR count). The molecule has 0 aromatic rings. The van der Waals surface area contributed by atoms with E-state index in [0.29, 0.717) is 23.5 Å². The zero-order valence-corrected chi connectivity index (χ0v) is 11.5. The first-order chi connectivity index (χ1) is 8.11. The lowest BCUT2D eigenvalue weighted by atomic mass is 10.1. The maximum Gasteiger partial charge on any atom is 0.151 e. The first-order valence-electron chi connectivity index (χ1n) is 6.76. The average molecular weight is 260 g/mol. The van der Waals surface area contributed by atoms with Gasteiger partial charge in [0.15, 0.2) is 9.84 Å². The van der Waals surface area contributed by atoms with Gasteiger partial charge in [-0.05, 0) is 44.8 Å². The lowest BCUT2D eigenvalue weighted by molar-refractivity contribution is 0.233. The topological polar surface area (TPSA) is 49.4 Å². The summed E-state index contributed by atoms with van der Waals surface area (Å²) in [7, 11) is -2.76. The number of nitrogens with zero attached hydrogens (tertiary/aromatic N) is 1. The van der Waals surface area contributed by atoms with E-state index in [-0.39, 0.29) is 0 Å². The SMILES string of the molecule is CCNCC1CCN(C2CCCS(=O)(=O)C2)C1. The van der Waals surface area contributed by atoms with Crippen molar-refractivity contribution in [2.24, 2.45) is 5.92 Å². The normalized spacial score (nSPS) is 33.9. The Morgan fingerprint density at radius 3 is 2.88 bits per heavy atom. The van der Waals surface area contributed by atoms with Crippen molar-refractivity contribution in [1.29, 1.82) is 0 Å². The molecule has 0 bridgehead atoms. The summed E-state index contributed by atoms with van der Waals surface area (Å²) in [5.41, 5.74) is 0. The number of nitrogens with one attached hydrogen (secondary N) is 1. The molecule has 0 radical (unpaired) electrons. The van der Waals surface area contributed by atoms with E-state index < -0.39 is 9.84 Å². The van der Waals surface area contributed by atoms with Gasteiger partial charge in [-0.3, -0.25) is 4.90 Å². The molecule has 17 heavy (non-hydrogen) atoms. The summed E-state index contributed by atoms with van der Waals surface area (Å²) < 4.78 is 23.3. The molecule has 0 aromatic carbocycles. The lowest BCUT2D eigenvalue weighted by Gasteiger charge is -2.30. The van der Waals surface area contributed by atoms with Crippen molar-refractivity contribution >= 4 is 9.84 Å². The van der Waals surface area contributed by atoms with Crippen molar-refractivity contribution in [2.45, 2.75) is 32.2 Å². The molecule has 0 aliphatic carbocycles. The van der Waals surface area contributed by atoms with Gasteiger partial charge in [0.05, 0.1) is 11.5 Å². The molecule has 2 fully saturated rings. The Bertz CT molecular complexity index is 342. The second-order valence-electron chi connectivity index (χ2n) is 5.37. The second kappa shape index (κ2) is 5.67. The number of hydrogen-bond acceptors (Lipinski definition) is 4. The Morgan fingerprint density at radius 1 is 1.35 bits per heavy atom. The van der Waals surface area contributed by atoms with Crippen molar-refractivity contribution in [3.63, 3.8) is 0 Å². The van der Waals surface area contributed by atoms with Crippen LogP contribution in [-0.4, -0.2) is 57.0 Å². The zero-order valence-electron chi connectivity index (χ0n) is 10.7. The molecule has 4 nitrogen and oxygen atoms in total. The summed E-state index contributed by atoms with van der Waals surface area (Å²) in [6, 6.07) is 0.292. The number of rotatable bonds is 4. The largest absolute Gasteiger partial charge is 0.317 e. The van der Waals surface area contributed by atoms with Crippen LogP contribution in [0.3, 0.4) is 0 Å². The fourth-order valence-corrected chi connectivity index (χ4v) is 4.73. The first-order valence-corrected chi connectivity index (χ1v) is 8.58. The lowest BCUT2D eigenvalue weighted by Crippen LogP contribution is -2.42. The average Bonchev–Trinajstić information content (AvgIpc) is 2.73. The van der Waals surface area contributed by atoms with E-state index >= 15 is 0 Å². The Balaban J connectivity index is 1.83. The standard InChI is InChI=1S/C12H24N2O2S/c1-2-13-8-11-5-6-14(9-11)12-4-3-7-17(15,16)10-12/h11-13H,2-10H2,1H3. The van der Waals surface area contributed by atoms with Crippen LogP contribution in [0.5, 0.6) is 0 Å². The van der Waals surface area contributed by atoms with E-state index in [1.165, 1.54) is 6.42 Å². The minimum Gasteiger partial charge on any atom is -0.317 e. The first kappa shape index (κ1) is 13.3. The minimum absolute atomic E-state index is 0.292. The van der Waals surface area contributed by atoms with Crippen LogP contribution in [-0.2, 0) is 9.84 Å². The fraction of sp³-hybridized carbons (Fsp3) is 1.00. The molecule has 2 heterocycles. The summed E-state index contributed by atoms with van der Waals surface area (Å²) in [5, 5.41) is 3.39. The van der Waals surface area contributed by atoms with Gasteiger partial charge >= 0.3 is 0 Å². The third-order valence-electron chi connectivity index (χ3n) is 3.96. The van der Waals surface area contributed by atoms with Crippen LogP contribution in [0.1, 0.15) is 26.2 Å². The molecular formula is C12H24N2O2S.